The maximum Gasteiger partial charge on any atom is 0.274 e. The molecule has 1 aliphatic rings. The molecule has 1 aliphatic heterocycles. The number of rotatable bonds is 3. The molecule has 1 saturated heterocycles. The number of aromatic nitrogens is 4. The normalized spacial score (nSPS) is 15.1. The molecule has 0 radical (unpaired) electrons. The lowest BCUT2D eigenvalue weighted by atomic mass is 10.1. The predicted molar refractivity (Wildman–Crippen MR) is 111 cm³/mol. The molecule has 1 amide bonds. The van der Waals surface area contributed by atoms with Crippen LogP contribution in [0, 0.1) is 0 Å². The minimum Gasteiger partial charge on any atom is -0.335 e. The molecule has 0 N–H and O–H groups in total. The van der Waals surface area contributed by atoms with Crippen molar-refractivity contribution >= 4 is 11.4 Å². The lowest BCUT2D eigenvalue weighted by Gasteiger charge is -2.31. The standard InChI is InChI=1S/C22H22N6O/c1-25-12-14-26(15-13-25)22(29)20-8-11-28(24-20)21-5-4-19-3-2-18(16-27(19)21)17-6-9-23-10-7-17/h2-11,16H,12-15H2,1H3. The van der Waals surface area contributed by atoms with Gasteiger partial charge in [-0.1, -0.05) is 6.07 Å². The van der Waals surface area contributed by atoms with Gasteiger partial charge in [-0.15, -0.1) is 0 Å². The zero-order chi connectivity index (χ0) is 19.8. The lowest BCUT2D eigenvalue weighted by molar-refractivity contribution is 0.0657. The Labute approximate surface area is 168 Å². The second-order valence-electron chi connectivity index (χ2n) is 7.38. The highest BCUT2D eigenvalue weighted by molar-refractivity contribution is 5.92. The van der Waals surface area contributed by atoms with Crippen LogP contribution >= 0.6 is 0 Å². The highest BCUT2D eigenvalue weighted by Gasteiger charge is 2.22. The second-order valence-corrected chi connectivity index (χ2v) is 7.38. The molecule has 1 fully saturated rings. The molecule has 5 heterocycles. The van der Waals surface area contributed by atoms with Crippen LogP contribution in [-0.4, -0.2) is 68.1 Å². The van der Waals surface area contributed by atoms with Crippen molar-refractivity contribution in [3.05, 3.63) is 72.9 Å². The fraction of sp³-hybridized carbons (Fsp3) is 0.227. The van der Waals surface area contributed by atoms with Gasteiger partial charge in [0.05, 0.1) is 0 Å². The molecule has 4 aromatic heterocycles. The Morgan fingerprint density at radius 2 is 1.66 bits per heavy atom. The number of fused-ring (bicyclic) bond motifs is 1. The van der Waals surface area contributed by atoms with E-state index in [1.54, 1.807) is 23.1 Å². The summed E-state index contributed by atoms with van der Waals surface area (Å²) in [5, 5.41) is 4.58. The zero-order valence-corrected chi connectivity index (χ0v) is 16.3. The van der Waals surface area contributed by atoms with Crippen LogP contribution in [0.15, 0.2) is 67.3 Å². The number of hydrogen-bond acceptors (Lipinski definition) is 4. The van der Waals surface area contributed by atoms with Crippen molar-refractivity contribution in [1.29, 1.82) is 0 Å². The number of nitrogens with zero attached hydrogens (tertiary/aromatic N) is 6. The van der Waals surface area contributed by atoms with Crippen LogP contribution in [0.25, 0.3) is 22.5 Å². The molecular formula is C22H22N6O. The Kier molecular flexibility index (Phi) is 4.37. The van der Waals surface area contributed by atoms with Gasteiger partial charge in [0.15, 0.2) is 5.69 Å². The van der Waals surface area contributed by atoms with Gasteiger partial charge in [0.25, 0.3) is 5.91 Å². The van der Waals surface area contributed by atoms with Gasteiger partial charge in [-0.2, -0.15) is 5.10 Å². The SMILES string of the molecule is CN1CCN(C(=O)c2ccn(-c3ccc4ccc(-c5ccncc5)cn34)n2)CC1. The van der Waals surface area contributed by atoms with Crippen LogP contribution in [-0.2, 0) is 0 Å². The number of hydrogen-bond donors (Lipinski definition) is 0. The Balaban J connectivity index is 1.46. The quantitative estimate of drug-likeness (QED) is 0.543. The van der Waals surface area contributed by atoms with E-state index in [1.165, 1.54) is 0 Å². The first kappa shape index (κ1) is 17.6. The van der Waals surface area contributed by atoms with Gasteiger partial charge in [0, 0.05) is 56.5 Å². The number of piperazine rings is 1. The molecule has 146 valence electrons. The summed E-state index contributed by atoms with van der Waals surface area (Å²) >= 11 is 0. The Hall–Kier alpha value is -3.45. The monoisotopic (exact) mass is 386 g/mol. The summed E-state index contributed by atoms with van der Waals surface area (Å²) < 4.78 is 3.86. The van der Waals surface area contributed by atoms with Crippen molar-refractivity contribution in [3.8, 4) is 16.9 Å². The highest BCUT2D eigenvalue weighted by atomic mass is 16.2. The second kappa shape index (κ2) is 7.18. The van der Waals surface area contributed by atoms with Crippen LogP contribution < -0.4 is 0 Å². The summed E-state index contributed by atoms with van der Waals surface area (Å²) in [4.78, 5) is 21.0. The molecule has 0 aliphatic carbocycles. The number of likely N-dealkylation sites (N-methyl/N-ethyl adjacent to an activating group) is 1. The van der Waals surface area contributed by atoms with Crippen molar-refractivity contribution in [2.75, 3.05) is 33.2 Å². The smallest absolute Gasteiger partial charge is 0.274 e. The van der Waals surface area contributed by atoms with E-state index >= 15 is 0 Å². The first-order chi connectivity index (χ1) is 14.2. The average Bonchev–Trinajstić information content (AvgIpc) is 3.41. The predicted octanol–water partition coefficient (Wildman–Crippen LogP) is 2.57. The Morgan fingerprint density at radius 1 is 0.897 bits per heavy atom. The highest BCUT2D eigenvalue weighted by Crippen LogP contribution is 2.22. The van der Waals surface area contributed by atoms with Crippen molar-refractivity contribution in [2.45, 2.75) is 0 Å². The van der Waals surface area contributed by atoms with E-state index < -0.39 is 0 Å². The van der Waals surface area contributed by atoms with Gasteiger partial charge in [-0.05, 0) is 54.6 Å². The third-order valence-electron chi connectivity index (χ3n) is 5.48. The molecule has 5 rings (SSSR count). The topological polar surface area (TPSA) is 58.7 Å². The van der Waals surface area contributed by atoms with Gasteiger partial charge in [-0.3, -0.25) is 9.78 Å². The summed E-state index contributed by atoms with van der Waals surface area (Å²) in [6.07, 6.45) is 7.52. The van der Waals surface area contributed by atoms with E-state index in [1.807, 2.05) is 29.3 Å². The fourth-order valence-corrected chi connectivity index (χ4v) is 3.73. The lowest BCUT2D eigenvalue weighted by Crippen LogP contribution is -2.47. The third kappa shape index (κ3) is 3.30. The molecule has 29 heavy (non-hydrogen) atoms. The van der Waals surface area contributed by atoms with E-state index in [0.29, 0.717) is 5.69 Å². The van der Waals surface area contributed by atoms with E-state index in [0.717, 1.165) is 48.6 Å². The van der Waals surface area contributed by atoms with Crippen LogP contribution in [0.3, 0.4) is 0 Å². The average molecular weight is 386 g/mol. The molecule has 0 aromatic carbocycles. The first-order valence-corrected chi connectivity index (χ1v) is 9.74. The molecule has 0 bridgehead atoms. The van der Waals surface area contributed by atoms with E-state index in [4.69, 9.17) is 0 Å². The third-order valence-corrected chi connectivity index (χ3v) is 5.48. The molecular weight excluding hydrogens is 364 g/mol. The van der Waals surface area contributed by atoms with Crippen molar-refractivity contribution in [3.63, 3.8) is 0 Å². The maximum absolute atomic E-state index is 12.8. The van der Waals surface area contributed by atoms with Crippen molar-refractivity contribution < 1.29 is 4.79 Å². The molecule has 7 heteroatoms. The van der Waals surface area contributed by atoms with Gasteiger partial charge in [-0.25, -0.2) is 4.68 Å². The van der Waals surface area contributed by atoms with E-state index in [9.17, 15) is 4.79 Å². The Morgan fingerprint density at radius 3 is 2.45 bits per heavy atom. The molecule has 0 unspecified atom stereocenters. The summed E-state index contributed by atoms with van der Waals surface area (Å²) in [6.45, 7) is 3.28. The molecule has 7 nitrogen and oxygen atoms in total. The molecule has 4 aromatic rings. The van der Waals surface area contributed by atoms with Crippen molar-refractivity contribution in [1.82, 2.24) is 29.0 Å². The van der Waals surface area contributed by atoms with Gasteiger partial charge < -0.3 is 14.2 Å². The van der Waals surface area contributed by atoms with E-state index in [-0.39, 0.29) is 5.91 Å². The van der Waals surface area contributed by atoms with Crippen LogP contribution in [0.5, 0.6) is 0 Å². The molecule has 0 saturated carbocycles. The molecule has 0 atom stereocenters. The summed E-state index contributed by atoms with van der Waals surface area (Å²) in [5.74, 6) is 0.892. The zero-order valence-electron chi connectivity index (χ0n) is 16.3. The number of pyridine rings is 2. The van der Waals surface area contributed by atoms with E-state index in [2.05, 4.69) is 50.8 Å². The van der Waals surface area contributed by atoms with Gasteiger partial charge in [0.2, 0.25) is 0 Å². The minimum atomic E-state index is -0.00446. The summed E-state index contributed by atoms with van der Waals surface area (Å²) in [7, 11) is 2.08. The first-order valence-electron chi connectivity index (χ1n) is 9.74. The maximum atomic E-state index is 12.8. The number of carbonyl (C=O) groups excluding carboxylic acids is 1. The minimum absolute atomic E-state index is 0.00446. The largest absolute Gasteiger partial charge is 0.335 e. The van der Waals surface area contributed by atoms with Crippen LogP contribution in [0.1, 0.15) is 10.5 Å². The summed E-state index contributed by atoms with van der Waals surface area (Å²) in [5.41, 5.74) is 3.75. The Bertz CT molecular complexity index is 1150. The van der Waals surface area contributed by atoms with Crippen LogP contribution in [0.4, 0.5) is 0 Å². The van der Waals surface area contributed by atoms with Gasteiger partial charge in [0.1, 0.15) is 5.82 Å². The van der Waals surface area contributed by atoms with Crippen molar-refractivity contribution in [2.24, 2.45) is 0 Å². The number of carbonyl (C=O) groups is 1. The number of amides is 1. The summed E-state index contributed by atoms with van der Waals surface area (Å²) in [6, 6.07) is 14.0. The fourth-order valence-electron chi connectivity index (χ4n) is 3.73. The van der Waals surface area contributed by atoms with Crippen LogP contribution in [0.2, 0.25) is 0 Å². The molecule has 0 spiro atoms. The van der Waals surface area contributed by atoms with Gasteiger partial charge >= 0.3 is 0 Å².